The summed E-state index contributed by atoms with van der Waals surface area (Å²) in [6.45, 7) is 6.90. The maximum absolute atomic E-state index is 11.5. The van der Waals surface area contributed by atoms with E-state index in [1.807, 2.05) is 45.3 Å². The summed E-state index contributed by atoms with van der Waals surface area (Å²) in [7, 11) is 0. The van der Waals surface area contributed by atoms with Gasteiger partial charge >= 0.3 is 0 Å². The Hall–Kier alpha value is -1.25. The number of hydrogen-bond acceptors (Lipinski definition) is 1. The SMILES string of the molecule is CC(C)(C)NC(=O)CCCn1cccc1. The molecule has 0 fully saturated rings. The Balaban J connectivity index is 2.18. The van der Waals surface area contributed by atoms with Gasteiger partial charge in [0.15, 0.2) is 0 Å². The molecular formula is C12H20N2O. The highest BCUT2D eigenvalue weighted by molar-refractivity contribution is 5.76. The topological polar surface area (TPSA) is 34.0 Å². The molecule has 0 saturated heterocycles. The average molecular weight is 208 g/mol. The third-order valence-electron chi connectivity index (χ3n) is 2.00. The zero-order chi connectivity index (χ0) is 11.3. The third-order valence-corrected chi connectivity index (χ3v) is 2.00. The normalized spacial score (nSPS) is 11.4. The standard InChI is InChI=1S/C12H20N2O/c1-12(2,3)13-11(15)7-6-10-14-8-4-5-9-14/h4-5,8-9H,6-7,10H2,1-3H3,(H,13,15). The number of hydrogen-bond donors (Lipinski definition) is 1. The van der Waals surface area contributed by atoms with E-state index in [-0.39, 0.29) is 11.4 Å². The molecule has 0 spiro atoms. The largest absolute Gasteiger partial charge is 0.354 e. The molecule has 1 aromatic rings. The van der Waals surface area contributed by atoms with Gasteiger partial charge in [0.1, 0.15) is 0 Å². The van der Waals surface area contributed by atoms with Gasteiger partial charge < -0.3 is 9.88 Å². The molecule has 0 bridgehead atoms. The Kier molecular flexibility index (Phi) is 3.95. The minimum absolute atomic E-state index is 0.121. The zero-order valence-corrected chi connectivity index (χ0v) is 9.79. The van der Waals surface area contributed by atoms with Crippen molar-refractivity contribution in [2.24, 2.45) is 0 Å². The van der Waals surface area contributed by atoms with Crippen LogP contribution in [0.3, 0.4) is 0 Å². The van der Waals surface area contributed by atoms with E-state index < -0.39 is 0 Å². The van der Waals surface area contributed by atoms with Gasteiger partial charge in [0.2, 0.25) is 5.91 Å². The van der Waals surface area contributed by atoms with Crippen LogP contribution >= 0.6 is 0 Å². The van der Waals surface area contributed by atoms with Gasteiger partial charge in [-0.2, -0.15) is 0 Å². The van der Waals surface area contributed by atoms with Crippen molar-refractivity contribution in [3.05, 3.63) is 24.5 Å². The second-order valence-electron chi connectivity index (χ2n) is 4.82. The summed E-state index contributed by atoms with van der Waals surface area (Å²) in [5, 5.41) is 2.95. The fourth-order valence-electron chi connectivity index (χ4n) is 1.42. The minimum atomic E-state index is -0.121. The van der Waals surface area contributed by atoms with Crippen LogP contribution in [0.2, 0.25) is 0 Å². The number of nitrogens with one attached hydrogen (secondary N) is 1. The molecule has 3 nitrogen and oxygen atoms in total. The van der Waals surface area contributed by atoms with Gasteiger partial charge in [-0.1, -0.05) is 0 Å². The van der Waals surface area contributed by atoms with E-state index in [4.69, 9.17) is 0 Å². The number of amides is 1. The zero-order valence-electron chi connectivity index (χ0n) is 9.79. The van der Waals surface area contributed by atoms with Crippen LogP contribution in [0.1, 0.15) is 33.6 Å². The number of aryl methyl sites for hydroxylation is 1. The summed E-state index contributed by atoms with van der Waals surface area (Å²) in [6, 6.07) is 3.99. The molecule has 1 rings (SSSR count). The van der Waals surface area contributed by atoms with Crippen molar-refractivity contribution in [2.45, 2.75) is 45.7 Å². The molecule has 1 amide bonds. The molecule has 1 N–H and O–H groups in total. The molecule has 0 aliphatic rings. The van der Waals surface area contributed by atoms with Gasteiger partial charge in [0, 0.05) is 30.9 Å². The Morgan fingerprint density at radius 2 is 1.87 bits per heavy atom. The fraction of sp³-hybridized carbons (Fsp3) is 0.583. The van der Waals surface area contributed by atoms with Crippen LogP contribution in [0.4, 0.5) is 0 Å². The summed E-state index contributed by atoms with van der Waals surface area (Å²) in [5.41, 5.74) is -0.121. The van der Waals surface area contributed by atoms with Crippen molar-refractivity contribution in [1.82, 2.24) is 9.88 Å². The first kappa shape index (κ1) is 11.8. The Bertz CT molecular complexity index is 296. The molecule has 15 heavy (non-hydrogen) atoms. The van der Waals surface area contributed by atoms with Gasteiger partial charge in [-0.05, 0) is 39.3 Å². The van der Waals surface area contributed by atoms with Crippen LogP contribution in [0, 0.1) is 0 Å². The average Bonchev–Trinajstić information content (AvgIpc) is 2.53. The van der Waals surface area contributed by atoms with Crippen molar-refractivity contribution in [1.29, 1.82) is 0 Å². The smallest absolute Gasteiger partial charge is 0.220 e. The van der Waals surface area contributed by atoms with E-state index in [1.165, 1.54) is 0 Å². The fourth-order valence-corrected chi connectivity index (χ4v) is 1.42. The van der Waals surface area contributed by atoms with Crippen molar-refractivity contribution in [3.8, 4) is 0 Å². The first-order chi connectivity index (χ1) is 6.97. The lowest BCUT2D eigenvalue weighted by atomic mass is 10.1. The number of aromatic nitrogens is 1. The van der Waals surface area contributed by atoms with Crippen molar-refractivity contribution < 1.29 is 4.79 Å². The molecule has 0 radical (unpaired) electrons. The highest BCUT2D eigenvalue weighted by Crippen LogP contribution is 2.02. The van der Waals surface area contributed by atoms with Gasteiger partial charge in [-0.15, -0.1) is 0 Å². The van der Waals surface area contributed by atoms with Gasteiger partial charge in [-0.25, -0.2) is 0 Å². The van der Waals surface area contributed by atoms with E-state index in [0.29, 0.717) is 6.42 Å². The summed E-state index contributed by atoms with van der Waals surface area (Å²) in [4.78, 5) is 11.5. The summed E-state index contributed by atoms with van der Waals surface area (Å²) in [5.74, 6) is 0.134. The van der Waals surface area contributed by atoms with E-state index in [0.717, 1.165) is 13.0 Å². The van der Waals surface area contributed by atoms with Crippen LogP contribution in [0.25, 0.3) is 0 Å². The lowest BCUT2D eigenvalue weighted by Gasteiger charge is -2.20. The molecule has 0 aliphatic heterocycles. The maximum Gasteiger partial charge on any atom is 0.220 e. The van der Waals surface area contributed by atoms with Gasteiger partial charge in [0.25, 0.3) is 0 Å². The van der Waals surface area contributed by atoms with E-state index in [9.17, 15) is 4.79 Å². The third kappa shape index (κ3) is 5.25. The molecule has 84 valence electrons. The number of carbonyl (C=O) groups excluding carboxylic acids is 1. The van der Waals surface area contributed by atoms with Crippen LogP contribution in [-0.2, 0) is 11.3 Å². The van der Waals surface area contributed by atoms with Crippen LogP contribution in [0.15, 0.2) is 24.5 Å². The van der Waals surface area contributed by atoms with Gasteiger partial charge in [-0.3, -0.25) is 4.79 Å². The molecule has 0 unspecified atom stereocenters. The number of carbonyl (C=O) groups is 1. The van der Waals surface area contributed by atoms with Crippen molar-refractivity contribution in [3.63, 3.8) is 0 Å². The maximum atomic E-state index is 11.5. The number of rotatable bonds is 4. The lowest BCUT2D eigenvalue weighted by Crippen LogP contribution is -2.40. The molecule has 0 atom stereocenters. The Morgan fingerprint density at radius 1 is 1.27 bits per heavy atom. The first-order valence-electron chi connectivity index (χ1n) is 5.39. The van der Waals surface area contributed by atoms with E-state index in [1.54, 1.807) is 0 Å². The Labute approximate surface area is 91.5 Å². The highest BCUT2D eigenvalue weighted by Gasteiger charge is 2.12. The predicted octanol–water partition coefficient (Wildman–Crippen LogP) is 2.18. The number of nitrogens with zero attached hydrogens (tertiary/aromatic N) is 1. The molecule has 1 heterocycles. The molecule has 3 heteroatoms. The predicted molar refractivity (Wildman–Crippen MR) is 61.6 cm³/mol. The molecule has 1 aromatic heterocycles. The minimum Gasteiger partial charge on any atom is -0.354 e. The molecule has 0 aromatic carbocycles. The Morgan fingerprint density at radius 3 is 2.40 bits per heavy atom. The summed E-state index contributed by atoms with van der Waals surface area (Å²) in [6.07, 6.45) is 5.51. The second-order valence-corrected chi connectivity index (χ2v) is 4.82. The molecule has 0 aliphatic carbocycles. The summed E-state index contributed by atoms with van der Waals surface area (Å²) < 4.78 is 2.09. The van der Waals surface area contributed by atoms with Crippen LogP contribution < -0.4 is 5.32 Å². The van der Waals surface area contributed by atoms with E-state index >= 15 is 0 Å². The van der Waals surface area contributed by atoms with Crippen molar-refractivity contribution in [2.75, 3.05) is 0 Å². The van der Waals surface area contributed by atoms with Crippen molar-refractivity contribution >= 4 is 5.91 Å². The highest BCUT2D eigenvalue weighted by atomic mass is 16.1. The van der Waals surface area contributed by atoms with Gasteiger partial charge in [0.05, 0.1) is 0 Å². The van der Waals surface area contributed by atoms with Crippen LogP contribution in [0.5, 0.6) is 0 Å². The lowest BCUT2D eigenvalue weighted by molar-refractivity contribution is -0.122. The molecule has 0 saturated carbocycles. The quantitative estimate of drug-likeness (QED) is 0.808. The van der Waals surface area contributed by atoms with E-state index in [2.05, 4.69) is 9.88 Å². The first-order valence-corrected chi connectivity index (χ1v) is 5.39. The second kappa shape index (κ2) is 5.01. The monoisotopic (exact) mass is 208 g/mol. The van der Waals surface area contributed by atoms with Crippen LogP contribution in [-0.4, -0.2) is 16.0 Å². The molecular weight excluding hydrogens is 188 g/mol. The summed E-state index contributed by atoms with van der Waals surface area (Å²) >= 11 is 0.